The van der Waals surface area contributed by atoms with Gasteiger partial charge in [0.2, 0.25) is 0 Å². The van der Waals surface area contributed by atoms with Crippen LogP contribution in [0.5, 0.6) is 6.01 Å². The van der Waals surface area contributed by atoms with Crippen LogP contribution >= 0.6 is 11.3 Å². The normalized spacial score (nSPS) is 27.3. The molecule has 1 N–H and O–H groups in total. The molecule has 53 heavy (non-hydrogen) atoms. The van der Waals surface area contributed by atoms with E-state index in [1.807, 2.05) is 4.90 Å². The summed E-state index contributed by atoms with van der Waals surface area (Å²) in [5, 5.41) is 17.3. The number of nitrogens with zero attached hydrogens (tertiary/aromatic N) is 7. The number of aromatic nitrogens is 5. The zero-order valence-corrected chi connectivity index (χ0v) is 30.4. The standard InChI is InChI=1S/C37H41F4N7O4S/c1-21-14-25-24(16-43-48(25)26-6-3-4-12-51-26)27(29(21)37(39,40)41)30-31-23(7-9-42-30)28-32(46-11-13-50-19-35(2,49)18-46)44-34(45-33(28)53-31)52-20-36-8-5-10-47(36)17-22(38)15-36/h7,9,14,16,22,26,49H,3-6,8,10-13,15,17-20H2,1-2H3/t22-,26?,35+,36+/m1/s1. The second kappa shape index (κ2) is 13.0. The summed E-state index contributed by atoms with van der Waals surface area (Å²) in [7, 11) is 0. The van der Waals surface area contributed by atoms with Gasteiger partial charge in [-0.1, -0.05) is 0 Å². The zero-order chi connectivity index (χ0) is 36.7. The van der Waals surface area contributed by atoms with E-state index in [2.05, 4.69) is 15.0 Å². The fraction of sp³-hybridized carbons (Fsp3) is 0.568. The topological polar surface area (TPSA) is 111 Å². The second-order valence-corrected chi connectivity index (χ2v) is 16.3. The Morgan fingerprint density at radius 2 is 2.00 bits per heavy atom. The van der Waals surface area contributed by atoms with Crippen molar-refractivity contribution in [2.75, 3.05) is 57.5 Å². The van der Waals surface area contributed by atoms with Gasteiger partial charge in [-0.15, -0.1) is 11.3 Å². The largest absolute Gasteiger partial charge is 0.461 e. The summed E-state index contributed by atoms with van der Waals surface area (Å²) in [5.41, 5.74) is -1.69. The smallest absolute Gasteiger partial charge is 0.417 e. The molecule has 0 bridgehead atoms. The number of thiophene rings is 1. The van der Waals surface area contributed by atoms with Crippen molar-refractivity contribution in [1.82, 2.24) is 29.6 Å². The number of β-amino-alcohol motifs (C(OH)–C–C–N with tert-alkyl or cyclic N) is 1. The molecule has 1 unspecified atom stereocenters. The van der Waals surface area contributed by atoms with Crippen molar-refractivity contribution in [3.8, 4) is 17.3 Å². The van der Waals surface area contributed by atoms with Crippen LogP contribution in [0.15, 0.2) is 24.5 Å². The van der Waals surface area contributed by atoms with E-state index in [4.69, 9.17) is 24.2 Å². The van der Waals surface area contributed by atoms with Crippen molar-refractivity contribution in [1.29, 1.82) is 0 Å². The Labute approximate surface area is 306 Å². The van der Waals surface area contributed by atoms with E-state index in [0.29, 0.717) is 76.2 Å². The maximum atomic E-state index is 15.1. The van der Waals surface area contributed by atoms with Crippen molar-refractivity contribution in [2.45, 2.75) is 82.1 Å². The third-order valence-electron chi connectivity index (χ3n) is 11.2. The van der Waals surface area contributed by atoms with Crippen LogP contribution in [0.25, 0.3) is 42.5 Å². The summed E-state index contributed by atoms with van der Waals surface area (Å²) in [4.78, 5) is 19.0. The van der Waals surface area contributed by atoms with E-state index in [-0.39, 0.29) is 48.8 Å². The second-order valence-electron chi connectivity index (χ2n) is 15.3. The van der Waals surface area contributed by atoms with Gasteiger partial charge in [0.25, 0.3) is 0 Å². The van der Waals surface area contributed by atoms with E-state index in [1.54, 1.807) is 23.7 Å². The Hall–Kier alpha value is -3.70. The quantitative estimate of drug-likeness (QED) is 0.185. The number of aliphatic hydroxyl groups is 1. The minimum absolute atomic E-state index is 0.0498. The van der Waals surface area contributed by atoms with Crippen LogP contribution in [0.1, 0.15) is 62.8 Å². The third kappa shape index (κ3) is 6.10. The Bertz CT molecular complexity index is 2200. The molecule has 0 amide bonds. The Balaban J connectivity index is 1.23. The number of rotatable bonds is 6. The number of aryl methyl sites for hydroxylation is 1. The summed E-state index contributed by atoms with van der Waals surface area (Å²) in [6.07, 6.45) is 1.72. The molecule has 4 aliphatic heterocycles. The van der Waals surface area contributed by atoms with Gasteiger partial charge in [0.05, 0.1) is 58.4 Å². The van der Waals surface area contributed by atoms with E-state index in [9.17, 15) is 9.50 Å². The van der Waals surface area contributed by atoms with Crippen molar-refractivity contribution in [3.63, 3.8) is 0 Å². The molecule has 9 rings (SSSR count). The van der Waals surface area contributed by atoms with Crippen LogP contribution < -0.4 is 9.64 Å². The number of pyridine rings is 1. The first-order valence-corrected chi connectivity index (χ1v) is 19.1. The summed E-state index contributed by atoms with van der Waals surface area (Å²) < 4.78 is 80.2. The highest BCUT2D eigenvalue weighted by atomic mass is 32.1. The predicted octanol–water partition coefficient (Wildman–Crippen LogP) is 6.83. The molecule has 0 spiro atoms. The minimum atomic E-state index is -4.69. The van der Waals surface area contributed by atoms with Crippen molar-refractivity contribution in [3.05, 3.63) is 35.7 Å². The molecule has 0 aliphatic carbocycles. The van der Waals surface area contributed by atoms with E-state index in [1.165, 1.54) is 30.7 Å². The number of anilines is 1. The van der Waals surface area contributed by atoms with Crippen molar-refractivity contribution >= 4 is 48.4 Å². The average Bonchev–Trinajstić information content (AvgIpc) is 3.85. The van der Waals surface area contributed by atoms with Crippen molar-refractivity contribution in [2.24, 2.45) is 0 Å². The lowest BCUT2D eigenvalue weighted by atomic mass is 9.94. The number of ether oxygens (including phenoxy) is 3. The monoisotopic (exact) mass is 755 g/mol. The van der Waals surface area contributed by atoms with Gasteiger partial charge in [0.1, 0.15) is 29.0 Å². The van der Waals surface area contributed by atoms with Crippen LogP contribution in [0.4, 0.5) is 23.4 Å². The zero-order valence-electron chi connectivity index (χ0n) is 29.6. The van der Waals surface area contributed by atoms with Gasteiger partial charge >= 0.3 is 12.2 Å². The molecule has 16 heteroatoms. The van der Waals surface area contributed by atoms with Crippen LogP contribution in [0, 0.1) is 6.92 Å². The maximum absolute atomic E-state index is 15.1. The highest BCUT2D eigenvalue weighted by molar-refractivity contribution is 7.26. The summed E-state index contributed by atoms with van der Waals surface area (Å²) in [6.45, 7) is 6.16. The predicted molar refractivity (Wildman–Crippen MR) is 192 cm³/mol. The lowest BCUT2D eigenvalue weighted by molar-refractivity contribution is -0.137. The molecule has 5 aromatic rings. The molecule has 4 atom stereocenters. The SMILES string of the molecule is Cc1cc2c(cnn2C2CCCCO2)c(-c2nccc3c2sc2nc(OC[C@@]45CCCN4C[C@H](F)C5)nc(N4CCOC[C@@](C)(O)C4)c23)c1C(F)(F)F. The lowest BCUT2D eigenvalue weighted by Gasteiger charge is -2.31. The number of alkyl halides is 4. The first-order chi connectivity index (χ1) is 25.4. The third-order valence-corrected chi connectivity index (χ3v) is 12.3. The van der Waals surface area contributed by atoms with Crippen molar-refractivity contribution < 1.29 is 36.9 Å². The maximum Gasteiger partial charge on any atom is 0.417 e. The van der Waals surface area contributed by atoms with E-state index < -0.39 is 29.1 Å². The Morgan fingerprint density at radius 1 is 1.13 bits per heavy atom. The molecule has 4 fully saturated rings. The van der Waals surface area contributed by atoms with Gasteiger partial charge in [-0.2, -0.15) is 28.2 Å². The van der Waals surface area contributed by atoms with Gasteiger partial charge in [-0.3, -0.25) is 9.88 Å². The van der Waals surface area contributed by atoms with Gasteiger partial charge < -0.3 is 24.2 Å². The Morgan fingerprint density at radius 3 is 2.81 bits per heavy atom. The average molecular weight is 756 g/mol. The van der Waals surface area contributed by atoms with Gasteiger partial charge in [0.15, 0.2) is 6.23 Å². The number of fused-ring (bicyclic) bond motifs is 5. The molecule has 4 saturated heterocycles. The number of halogens is 4. The van der Waals surface area contributed by atoms with Crippen LogP contribution in [0.2, 0.25) is 0 Å². The fourth-order valence-corrected chi connectivity index (χ4v) is 10.1. The minimum Gasteiger partial charge on any atom is -0.461 e. The molecule has 8 heterocycles. The molecular formula is C37H41F4N7O4S. The molecule has 1 aromatic carbocycles. The molecule has 0 saturated carbocycles. The molecule has 0 radical (unpaired) electrons. The van der Waals surface area contributed by atoms with E-state index in [0.717, 1.165) is 32.2 Å². The van der Waals surface area contributed by atoms with Gasteiger partial charge in [-0.05, 0) is 70.2 Å². The highest BCUT2D eigenvalue weighted by Gasteiger charge is 2.49. The summed E-state index contributed by atoms with van der Waals surface area (Å²) in [6, 6.07) is 3.40. The van der Waals surface area contributed by atoms with Gasteiger partial charge in [-0.25, -0.2) is 9.07 Å². The molecule has 4 aliphatic rings. The molecular weight excluding hydrogens is 715 g/mol. The first-order valence-electron chi connectivity index (χ1n) is 18.3. The molecule has 4 aromatic heterocycles. The van der Waals surface area contributed by atoms with Crippen LogP contribution in [-0.2, 0) is 15.7 Å². The number of hydrogen-bond acceptors (Lipinski definition) is 11. The Kier molecular flexibility index (Phi) is 8.57. The number of hydrogen-bond donors (Lipinski definition) is 1. The first kappa shape index (κ1) is 35.0. The fourth-order valence-electron chi connectivity index (χ4n) is 8.94. The lowest BCUT2D eigenvalue weighted by Crippen LogP contribution is -2.43. The highest BCUT2D eigenvalue weighted by Crippen LogP contribution is 2.49. The van der Waals surface area contributed by atoms with Gasteiger partial charge in [0, 0.05) is 48.6 Å². The van der Waals surface area contributed by atoms with Crippen LogP contribution in [0.3, 0.4) is 0 Å². The van der Waals surface area contributed by atoms with E-state index >= 15 is 13.2 Å². The summed E-state index contributed by atoms with van der Waals surface area (Å²) in [5.74, 6) is 0.474. The summed E-state index contributed by atoms with van der Waals surface area (Å²) >= 11 is 1.22. The molecule has 282 valence electrons. The van der Waals surface area contributed by atoms with Crippen LogP contribution in [-0.4, -0.2) is 105 Å². The molecule has 11 nitrogen and oxygen atoms in total. The number of benzene rings is 1.